The van der Waals surface area contributed by atoms with Crippen LogP contribution in [0.2, 0.25) is 0 Å². The van der Waals surface area contributed by atoms with Gasteiger partial charge in [0.15, 0.2) is 0 Å². The third-order valence-corrected chi connectivity index (χ3v) is 5.66. The molecule has 0 amide bonds. The standard InChI is InChI=1S/C21H19N3O4S/c1-29-19-5-2-13(8-14(19)10-22)11-24-20(25)17-9-15(28-16-6-7-27-12-16)3-4-18(17)23-21(24)26/h2-5,8-9,16H,6-7,11-12H2,1H3,(H,23,26). The van der Waals surface area contributed by atoms with Crippen LogP contribution in [0.15, 0.2) is 50.9 Å². The smallest absolute Gasteiger partial charge is 0.329 e. The Kier molecular flexibility index (Phi) is 5.43. The highest BCUT2D eigenvalue weighted by molar-refractivity contribution is 7.98. The lowest BCUT2D eigenvalue weighted by atomic mass is 10.1. The average molecular weight is 409 g/mol. The molecule has 1 saturated heterocycles. The second-order valence-corrected chi connectivity index (χ2v) is 7.63. The summed E-state index contributed by atoms with van der Waals surface area (Å²) >= 11 is 1.48. The van der Waals surface area contributed by atoms with Crippen molar-refractivity contribution in [3.63, 3.8) is 0 Å². The molecule has 0 saturated carbocycles. The Labute approximate surface area is 170 Å². The normalized spacial score (nSPS) is 16.1. The van der Waals surface area contributed by atoms with Gasteiger partial charge in [0.25, 0.3) is 5.56 Å². The minimum absolute atomic E-state index is 0.0308. The third kappa shape index (κ3) is 3.92. The Bertz CT molecular complexity index is 1220. The van der Waals surface area contributed by atoms with Gasteiger partial charge in [-0.05, 0) is 42.2 Å². The van der Waals surface area contributed by atoms with Gasteiger partial charge in [-0.15, -0.1) is 11.8 Å². The fraction of sp³-hybridized carbons (Fsp3) is 0.286. The van der Waals surface area contributed by atoms with E-state index in [1.807, 2.05) is 18.4 Å². The van der Waals surface area contributed by atoms with Crippen LogP contribution in [0, 0.1) is 11.3 Å². The average Bonchev–Trinajstić information content (AvgIpc) is 3.24. The molecule has 1 aliphatic heterocycles. The summed E-state index contributed by atoms with van der Waals surface area (Å²) in [6.45, 7) is 1.27. The van der Waals surface area contributed by atoms with Crippen LogP contribution in [0.3, 0.4) is 0 Å². The minimum atomic E-state index is -0.493. The fourth-order valence-electron chi connectivity index (χ4n) is 3.37. The lowest BCUT2D eigenvalue weighted by molar-refractivity contribution is 0.141. The molecule has 0 spiro atoms. The molecule has 4 rings (SSSR count). The molecule has 1 N–H and O–H groups in total. The number of nitriles is 1. The number of thioether (sulfide) groups is 1. The predicted molar refractivity (Wildman–Crippen MR) is 111 cm³/mol. The zero-order valence-electron chi connectivity index (χ0n) is 15.8. The lowest BCUT2D eigenvalue weighted by Gasteiger charge is -2.13. The summed E-state index contributed by atoms with van der Waals surface area (Å²) < 4.78 is 12.3. The minimum Gasteiger partial charge on any atom is -0.488 e. The molecule has 7 nitrogen and oxygen atoms in total. The Morgan fingerprint density at radius 3 is 2.90 bits per heavy atom. The fourth-order valence-corrected chi connectivity index (χ4v) is 3.90. The zero-order chi connectivity index (χ0) is 20.4. The molecule has 2 aromatic carbocycles. The SMILES string of the molecule is CSc1ccc(Cn2c(=O)[nH]c3ccc(OC4CCOC4)cc3c2=O)cc1C#N. The Balaban J connectivity index is 1.71. The number of rotatable bonds is 5. The summed E-state index contributed by atoms with van der Waals surface area (Å²) in [6.07, 6.45) is 2.67. The van der Waals surface area contributed by atoms with Gasteiger partial charge in [-0.2, -0.15) is 5.26 Å². The molecule has 2 heterocycles. The van der Waals surface area contributed by atoms with Gasteiger partial charge in [-0.1, -0.05) is 6.07 Å². The molecular formula is C21H19N3O4S. The molecular weight excluding hydrogens is 390 g/mol. The van der Waals surface area contributed by atoms with Gasteiger partial charge in [0.1, 0.15) is 17.9 Å². The van der Waals surface area contributed by atoms with E-state index in [1.165, 1.54) is 11.8 Å². The first-order valence-electron chi connectivity index (χ1n) is 9.17. The molecule has 1 atom stereocenters. The first-order valence-corrected chi connectivity index (χ1v) is 10.4. The highest BCUT2D eigenvalue weighted by Crippen LogP contribution is 2.22. The second kappa shape index (κ2) is 8.15. The van der Waals surface area contributed by atoms with Crippen LogP contribution in [0.4, 0.5) is 0 Å². The number of aromatic nitrogens is 2. The quantitative estimate of drug-likeness (QED) is 0.651. The number of nitrogens with one attached hydrogen (secondary N) is 1. The van der Waals surface area contributed by atoms with Crippen molar-refractivity contribution >= 4 is 22.7 Å². The maximum atomic E-state index is 13.0. The van der Waals surface area contributed by atoms with Crippen LogP contribution < -0.4 is 16.0 Å². The largest absolute Gasteiger partial charge is 0.488 e. The van der Waals surface area contributed by atoms with Crippen molar-refractivity contribution < 1.29 is 9.47 Å². The highest BCUT2D eigenvalue weighted by atomic mass is 32.2. The van der Waals surface area contributed by atoms with Crippen molar-refractivity contribution in [1.82, 2.24) is 9.55 Å². The molecule has 8 heteroatoms. The van der Waals surface area contributed by atoms with E-state index < -0.39 is 11.2 Å². The molecule has 1 aliphatic rings. The molecule has 0 bridgehead atoms. The van der Waals surface area contributed by atoms with Crippen LogP contribution in [-0.2, 0) is 11.3 Å². The van der Waals surface area contributed by atoms with Gasteiger partial charge in [0, 0.05) is 11.3 Å². The number of fused-ring (bicyclic) bond motifs is 1. The first-order chi connectivity index (χ1) is 14.1. The van der Waals surface area contributed by atoms with E-state index in [0.717, 1.165) is 15.9 Å². The number of nitrogens with zero attached hydrogens (tertiary/aromatic N) is 2. The van der Waals surface area contributed by atoms with Crippen LogP contribution in [-0.4, -0.2) is 35.1 Å². The molecule has 29 heavy (non-hydrogen) atoms. The Morgan fingerprint density at radius 1 is 1.31 bits per heavy atom. The molecule has 0 radical (unpaired) electrons. The summed E-state index contributed by atoms with van der Waals surface area (Å²) in [5, 5.41) is 9.69. The summed E-state index contributed by atoms with van der Waals surface area (Å²) in [6, 6.07) is 12.6. The number of hydrogen-bond acceptors (Lipinski definition) is 6. The van der Waals surface area contributed by atoms with Crippen LogP contribution >= 0.6 is 11.8 Å². The zero-order valence-corrected chi connectivity index (χ0v) is 16.6. The lowest BCUT2D eigenvalue weighted by Crippen LogP contribution is -2.35. The van der Waals surface area contributed by atoms with Gasteiger partial charge in [-0.3, -0.25) is 9.36 Å². The van der Waals surface area contributed by atoms with E-state index in [1.54, 1.807) is 24.3 Å². The molecule has 1 unspecified atom stereocenters. The molecule has 1 fully saturated rings. The maximum absolute atomic E-state index is 13.0. The van der Waals surface area contributed by atoms with Crippen LogP contribution in [0.25, 0.3) is 10.9 Å². The van der Waals surface area contributed by atoms with Crippen molar-refractivity contribution in [2.75, 3.05) is 19.5 Å². The predicted octanol–water partition coefficient (Wildman–Crippen LogP) is 2.50. The maximum Gasteiger partial charge on any atom is 0.329 e. The molecule has 0 aliphatic carbocycles. The number of ether oxygens (including phenoxy) is 2. The highest BCUT2D eigenvalue weighted by Gasteiger charge is 2.18. The van der Waals surface area contributed by atoms with E-state index in [0.29, 0.717) is 41.0 Å². The van der Waals surface area contributed by atoms with Crippen molar-refractivity contribution in [3.8, 4) is 11.8 Å². The van der Waals surface area contributed by atoms with E-state index in [2.05, 4.69) is 11.1 Å². The van der Waals surface area contributed by atoms with Crippen molar-refractivity contribution in [1.29, 1.82) is 5.26 Å². The summed E-state index contributed by atoms with van der Waals surface area (Å²) in [5.41, 5.74) is 0.801. The Morgan fingerprint density at radius 2 is 2.17 bits per heavy atom. The van der Waals surface area contributed by atoms with Gasteiger partial charge in [0.2, 0.25) is 0 Å². The van der Waals surface area contributed by atoms with Crippen molar-refractivity contribution in [2.24, 2.45) is 0 Å². The van der Waals surface area contributed by atoms with Gasteiger partial charge < -0.3 is 14.5 Å². The van der Waals surface area contributed by atoms with E-state index in [9.17, 15) is 14.9 Å². The second-order valence-electron chi connectivity index (χ2n) is 6.78. The first kappa shape index (κ1) is 19.3. The summed E-state index contributed by atoms with van der Waals surface area (Å²) in [5.74, 6) is 0.569. The number of H-pyrrole nitrogens is 1. The third-order valence-electron chi connectivity index (χ3n) is 4.87. The van der Waals surface area contributed by atoms with Gasteiger partial charge in [0.05, 0.1) is 36.2 Å². The summed E-state index contributed by atoms with van der Waals surface area (Å²) in [4.78, 5) is 29.1. The Hall–Kier alpha value is -3.02. The van der Waals surface area contributed by atoms with Crippen LogP contribution in [0.5, 0.6) is 5.75 Å². The number of benzene rings is 2. The monoisotopic (exact) mass is 409 g/mol. The van der Waals surface area contributed by atoms with E-state index >= 15 is 0 Å². The van der Waals surface area contributed by atoms with Gasteiger partial charge in [-0.25, -0.2) is 4.79 Å². The molecule has 1 aromatic heterocycles. The van der Waals surface area contributed by atoms with Crippen molar-refractivity contribution in [2.45, 2.75) is 24.0 Å². The topological polar surface area (TPSA) is 97.1 Å². The number of aromatic amines is 1. The molecule has 148 valence electrons. The van der Waals surface area contributed by atoms with Gasteiger partial charge >= 0.3 is 5.69 Å². The summed E-state index contributed by atoms with van der Waals surface area (Å²) in [7, 11) is 0. The van der Waals surface area contributed by atoms with Crippen molar-refractivity contribution in [3.05, 3.63) is 68.4 Å². The van der Waals surface area contributed by atoms with Crippen LogP contribution in [0.1, 0.15) is 17.5 Å². The van der Waals surface area contributed by atoms with E-state index in [-0.39, 0.29) is 12.6 Å². The molecule has 3 aromatic rings. The number of hydrogen-bond donors (Lipinski definition) is 1. The van der Waals surface area contributed by atoms with E-state index in [4.69, 9.17) is 9.47 Å².